The molecule has 1 aliphatic heterocycles. The number of rotatable bonds is 4. The van der Waals surface area contributed by atoms with Gasteiger partial charge < -0.3 is 14.6 Å². The molecule has 0 bridgehead atoms. The van der Waals surface area contributed by atoms with Crippen LogP contribution in [0.1, 0.15) is 18.3 Å². The van der Waals surface area contributed by atoms with Crippen LogP contribution in [0.2, 0.25) is 0 Å². The molecule has 2 rings (SSSR count). The Kier molecular flexibility index (Phi) is 4.74. The van der Waals surface area contributed by atoms with Crippen LogP contribution in [0.4, 0.5) is 0 Å². The number of pyridine rings is 1. The van der Waals surface area contributed by atoms with E-state index in [1.165, 1.54) is 0 Å². The topological polar surface area (TPSA) is 54.8 Å². The maximum absolute atomic E-state index is 9.20. The zero-order chi connectivity index (χ0) is 13.8. The van der Waals surface area contributed by atoms with E-state index in [1.54, 1.807) is 7.11 Å². The number of ether oxygens (including phenoxy) is 2. The smallest absolute Gasteiger partial charge is 0.122 e. The zero-order valence-corrected chi connectivity index (χ0v) is 11.8. The fourth-order valence-corrected chi connectivity index (χ4v) is 2.32. The summed E-state index contributed by atoms with van der Waals surface area (Å²) >= 11 is 0. The summed E-state index contributed by atoms with van der Waals surface area (Å²) in [6.07, 6.45) is -0.0945. The van der Waals surface area contributed by atoms with Gasteiger partial charge in [-0.05, 0) is 13.8 Å². The van der Waals surface area contributed by atoms with E-state index in [-0.39, 0.29) is 12.7 Å². The molecule has 0 aliphatic carbocycles. The van der Waals surface area contributed by atoms with E-state index < -0.39 is 0 Å². The molecular formula is C14H22N2O3. The molecule has 2 atom stereocenters. The Bertz CT molecular complexity index is 425. The maximum atomic E-state index is 9.20. The van der Waals surface area contributed by atoms with Crippen LogP contribution in [0.25, 0.3) is 0 Å². The highest BCUT2D eigenvalue weighted by atomic mass is 16.5. The Labute approximate surface area is 114 Å². The quantitative estimate of drug-likeness (QED) is 0.880. The van der Waals surface area contributed by atoms with E-state index in [2.05, 4.69) is 16.8 Å². The van der Waals surface area contributed by atoms with Gasteiger partial charge in [0.15, 0.2) is 0 Å². The number of hydrogen-bond donors (Lipinski definition) is 1. The van der Waals surface area contributed by atoms with Gasteiger partial charge in [-0.3, -0.25) is 9.88 Å². The van der Waals surface area contributed by atoms with Gasteiger partial charge in [0.05, 0.1) is 32.1 Å². The molecule has 0 amide bonds. The summed E-state index contributed by atoms with van der Waals surface area (Å²) in [7, 11) is 1.66. The van der Waals surface area contributed by atoms with Crippen molar-refractivity contribution < 1.29 is 14.6 Å². The van der Waals surface area contributed by atoms with Crippen LogP contribution in [-0.2, 0) is 11.3 Å². The second kappa shape index (κ2) is 6.32. The first-order chi connectivity index (χ1) is 9.12. The van der Waals surface area contributed by atoms with Crippen molar-refractivity contribution in [2.45, 2.75) is 32.5 Å². The molecule has 1 aliphatic rings. The second-order valence-electron chi connectivity index (χ2n) is 5.06. The normalized spacial score (nSPS) is 24.4. The molecule has 1 saturated heterocycles. The number of hydrogen-bond acceptors (Lipinski definition) is 5. The van der Waals surface area contributed by atoms with Crippen molar-refractivity contribution in [1.29, 1.82) is 0 Å². The number of aryl methyl sites for hydroxylation is 1. The van der Waals surface area contributed by atoms with E-state index >= 15 is 0 Å². The van der Waals surface area contributed by atoms with Crippen molar-refractivity contribution in [3.05, 3.63) is 23.5 Å². The summed E-state index contributed by atoms with van der Waals surface area (Å²) in [6, 6.07) is 4.21. The van der Waals surface area contributed by atoms with E-state index in [9.17, 15) is 5.11 Å². The van der Waals surface area contributed by atoms with E-state index in [1.807, 2.05) is 19.1 Å². The standard InChI is InChI=1S/C14H22N2O3/c1-10-4-13(18-3)5-12(15-10)6-16-7-14(8-17)19-9-11(16)2/h4-5,11,14,17H,6-9H2,1-3H3. The van der Waals surface area contributed by atoms with Crippen LogP contribution in [-0.4, -0.2) is 54.0 Å². The summed E-state index contributed by atoms with van der Waals surface area (Å²) in [6.45, 7) is 6.28. The van der Waals surface area contributed by atoms with Gasteiger partial charge in [-0.15, -0.1) is 0 Å². The molecule has 1 N–H and O–H groups in total. The first-order valence-corrected chi connectivity index (χ1v) is 6.60. The summed E-state index contributed by atoms with van der Waals surface area (Å²) in [5.74, 6) is 0.835. The number of nitrogens with zero attached hydrogens (tertiary/aromatic N) is 2. The summed E-state index contributed by atoms with van der Waals surface area (Å²) in [4.78, 5) is 6.82. The van der Waals surface area contributed by atoms with Crippen molar-refractivity contribution in [2.24, 2.45) is 0 Å². The maximum Gasteiger partial charge on any atom is 0.122 e. The lowest BCUT2D eigenvalue weighted by Crippen LogP contribution is -2.48. The van der Waals surface area contributed by atoms with Crippen molar-refractivity contribution in [2.75, 3.05) is 26.9 Å². The lowest BCUT2D eigenvalue weighted by Gasteiger charge is -2.37. The predicted octanol–water partition coefficient (Wildman–Crippen LogP) is 0.980. The van der Waals surface area contributed by atoms with E-state index in [4.69, 9.17) is 9.47 Å². The monoisotopic (exact) mass is 266 g/mol. The Morgan fingerprint density at radius 2 is 2.32 bits per heavy atom. The van der Waals surface area contributed by atoms with Gasteiger partial charge in [0.25, 0.3) is 0 Å². The average molecular weight is 266 g/mol. The van der Waals surface area contributed by atoms with Gasteiger partial charge >= 0.3 is 0 Å². The van der Waals surface area contributed by atoms with Gasteiger partial charge in [0.2, 0.25) is 0 Å². The molecular weight excluding hydrogens is 244 g/mol. The van der Waals surface area contributed by atoms with Crippen molar-refractivity contribution in [3.63, 3.8) is 0 Å². The molecule has 19 heavy (non-hydrogen) atoms. The molecule has 5 nitrogen and oxygen atoms in total. The van der Waals surface area contributed by atoms with Gasteiger partial charge in [-0.25, -0.2) is 0 Å². The third-order valence-electron chi connectivity index (χ3n) is 3.42. The largest absolute Gasteiger partial charge is 0.497 e. The molecule has 2 unspecified atom stereocenters. The van der Waals surface area contributed by atoms with Crippen LogP contribution in [0.5, 0.6) is 5.75 Å². The number of aromatic nitrogens is 1. The minimum atomic E-state index is -0.0945. The Balaban J connectivity index is 2.08. The van der Waals surface area contributed by atoms with Gasteiger partial charge in [0.1, 0.15) is 5.75 Å². The fraction of sp³-hybridized carbons (Fsp3) is 0.643. The van der Waals surface area contributed by atoms with Crippen LogP contribution in [0, 0.1) is 6.92 Å². The van der Waals surface area contributed by atoms with Crippen molar-refractivity contribution >= 4 is 0 Å². The number of morpholine rings is 1. The summed E-state index contributed by atoms with van der Waals surface area (Å²) in [5.41, 5.74) is 1.94. The highest BCUT2D eigenvalue weighted by Crippen LogP contribution is 2.18. The fourth-order valence-electron chi connectivity index (χ4n) is 2.32. The molecule has 0 saturated carbocycles. The van der Waals surface area contributed by atoms with E-state index in [0.29, 0.717) is 12.6 Å². The van der Waals surface area contributed by atoms with Crippen LogP contribution in [0.15, 0.2) is 12.1 Å². The third-order valence-corrected chi connectivity index (χ3v) is 3.42. The Morgan fingerprint density at radius 3 is 3.00 bits per heavy atom. The second-order valence-corrected chi connectivity index (χ2v) is 5.06. The average Bonchev–Trinajstić information content (AvgIpc) is 2.40. The highest BCUT2D eigenvalue weighted by Gasteiger charge is 2.25. The van der Waals surface area contributed by atoms with Crippen LogP contribution in [0.3, 0.4) is 0 Å². The molecule has 5 heteroatoms. The molecule has 1 aromatic rings. The molecule has 0 aromatic carbocycles. The highest BCUT2D eigenvalue weighted by molar-refractivity contribution is 5.26. The van der Waals surface area contributed by atoms with Crippen LogP contribution >= 0.6 is 0 Å². The Hall–Kier alpha value is -1.17. The Morgan fingerprint density at radius 1 is 1.53 bits per heavy atom. The molecule has 0 radical (unpaired) electrons. The minimum absolute atomic E-state index is 0.0633. The molecule has 1 aromatic heterocycles. The minimum Gasteiger partial charge on any atom is -0.497 e. The van der Waals surface area contributed by atoms with Crippen molar-refractivity contribution in [1.82, 2.24) is 9.88 Å². The number of methoxy groups -OCH3 is 1. The summed E-state index contributed by atoms with van der Waals surface area (Å²) < 4.78 is 10.8. The third kappa shape index (κ3) is 3.65. The van der Waals surface area contributed by atoms with Crippen LogP contribution < -0.4 is 4.74 Å². The lowest BCUT2D eigenvalue weighted by atomic mass is 10.2. The molecule has 2 heterocycles. The molecule has 0 spiro atoms. The van der Waals surface area contributed by atoms with Gasteiger partial charge in [-0.2, -0.15) is 0 Å². The summed E-state index contributed by atoms with van der Waals surface area (Å²) in [5, 5.41) is 9.20. The SMILES string of the molecule is COc1cc(C)nc(CN2CC(CO)OCC2C)c1. The van der Waals surface area contributed by atoms with Crippen molar-refractivity contribution in [3.8, 4) is 5.75 Å². The lowest BCUT2D eigenvalue weighted by molar-refractivity contribution is -0.0808. The number of aliphatic hydroxyl groups is 1. The first kappa shape index (κ1) is 14.2. The molecule has 106 valence electrons. The number of aliphatic hydroxyl groups excluding tert-OH is 1. The predicted molar refractivity (Wildman–Crippen MR) is 72.2 cm³/mol. The van der Waals surface area contributed by atoms with E-state index in [0.717, 1.165) is 30.2 Å². The first-order valence-electron chi connectivity index (χ1n) is 6.60. The zero-order valence-electron chi connectivity index (χ0n) is 11.8. The van der Waals surface area contributed by atoms with Gasteiger partial charge in [-0.1, -0.05) is 0 Å². The molecule has 1 fully saturated rings. The van der Waals surface area contributed by atoms with Gasteiger partial charge in [0, 0.05) is 37.0 Å².